The molecule has 1 aromatic carbocycles. The standard InChI is InChI=1S/C15H16BrFN4O/c1-22-14-8-12(17)2-3-13(14)20-4-6-21(7-5-20)15-18-9-11(16)10-19-15/h2-3,8-10H,4-7H2,1H3. The summed E-state index contributed by atoms with van der Waals surface area (Å²) in [7, 11) is 1.56. The average molecular weight is 367 g/mol. The molecule has 0 atom stereocenters. The molecule has 116 valence electrons. The monoisotopic (exact) mass is 366 g/mol. The fourth-order valence-electron chi connectivity index (χ4n) is 2.53. The number of piperazine rings is 1. The smallest absolute Gasteiger partial charge is 0.225 e. The second kappa shape index (κ2) is 6.48. The van der Waals surface area contributed by atoms with Crippen molar-refractivity contribution in [1.29, 1.82) is 0 Å². The third-order valence-corrected chi connectivity index (χ3v) is 4.06. The first-order chi connectivity index (χ1) is 10.7. The molecule has 0 spiro atoms. The van der Waals surface area contributed by atoms with Crippen molar-refractivity contribution in [2.24, 2.45) is 0 Å². The maximum absolute atomic E-state index is 13.3. The van der Waals surface area contributed by atoms with Gasteiger partial charge in [-0.3, -0.25) is 0 Å². The Morgan fingerprint density at radius 1 is 1.09 bits per heavy atom. The third-order valence-electron chi connectivity index (χ3n) is 3.65. The summed E-state index contributed by atoms with van der Waals surface area (Å²) in [5, 5.41) is 0. The lowest BCUT2D eigenvalue weighted by molar-refractivity contribution is 0.410. The van der Waals surface area contributed by atoms with E-state index >= 15 is 0 Å². The van der Waals surface area contributed by atoms with Crippen molar-refractivity contribution in [1.82, 2.24) is 9.97 Å². The Morgan fingerprint density at radius 2 is 1.73 bits per heavy atom. The number of hydrogen-bond acceptors (Lipinski definition) is 5. The number of anilines is 2. The molecule has 3 rings (SSSR count). The van der Waals surface area contributed by atoms with Crippen molar-refractivity contribution in [3.8, 4) is 5.75 Å². The van der Waals surface area contributed by atoms with Crippen molar-refractivity contribution >= 4 is 27.6 Å². The van der Waals surface area contributed by atoms with Gasteiger partial charge >= 0.3 is 0 Å². The van der Waals surface area contributed by atoms with Crippen LogP contribution in [0.3, 0.4) is 0 Å². The largest absolute Gasteiger partial charge is 0.494 e. The van der Waals surface area contributed by atoms with Crippen LogP contribution in [0.15, 0.2) is 35.1 Å². The fraction of sp³-hybridized carbons (Fsp3) is 0.333. The number of nitrogens with zero attached hydrogens (tertiary/aromatic N) is 4. The molecule has 7 heteroatoms. The van der Waals surface area contributed by atoms with E-state index in [1.165, 1.54) is 12.1 Å². The van der Waals surface area contributed by atoms with Gasteiger partial charge in [0.2, 0.25) is 5.95 Å². The molecule has 2 aromatic rings. The lowest BCUT2D eigenvalue weighted by Crippen LogP contribution is -2.47. The summed E-state index contributed by atoms with van der Waals surface area (Å²) in [6.45, 7) is 3.23. The van der Waals surface area contributed by atoms with E-state index in [0.717, 1.165) is 42.3 Å². The first-order valence-corrected chi connectivity index (χ1v) is 7.77. The van der Waals surface area contributed by atoms with E-state index < -0.39 is 0 Å². The van der Waals surface area contributed by atoms with Gasteiger partial charge in [0.05, 0.1) is 17.3 Å². The molecule has 0 N–H and O–H groups in total. The molecule has 1 fully saturated rings. The zero-order chi connectivity index (χ0) is 15.5. The second-order valence-corrected chi connectivity index (χ2v) is 5.91. The number of halogens is 2. The summed E-state index contributed by atoms with van der Waals surface area (Å²) in [5.74, 6) is 1.00. The molecule has 1 aliphatic heterocycles. The molecule has 0 unspecified atom stereocenters. The quantitative estimate of drug-likeness (QED) is 0.835. The molecule has 0 bridgehead atoms. The highest BCUT2D eigenvalue weighted by atomic mass is 79.9. The number of rotatable bonds is 3. The van der Waals surface area contributed by atoms with Gasteiger partial charge in [0.15, 0.2) is 0 Å². The molecule has 0 radical (unpaired) electrons. The van der Waals surface area contributed by atoms with E-state index in [9.17, 15) is 4.39 Å². The van der Waals surface area contributed by atoms with Gasteiger partial charge in [-0.15, -0.1) is 0 Å². The fourth-order valence-corrected chi connectivity index (χ4v) is 2.73. The second-order valence-electron chi connectivity index (χ2n) is 4.99. The zero-order valence-electron chi connectivity index (χ0n) is 12.2. The summed E-state index contributed by atoms with van der Waals surface area (Å²) in [4.78, 5) is 13.0. The summed E-state index contributed by atoms with van der Waals surface area (Å²) >= 11 is 3.34. The van der Waals surface area contributed by atoms with Crippen LogP contribution in [0, 0.1) is 5.82 Å². The van der Waals surface area contributed by atoms with Gasteiger partial charge in [0.25, 0.3) is 0 Å². The lowest BCUT2D eigenvalue weighted by atomic mass is 10.2. The maximum Gasteiger partial charge on any atom is 0.225 e. The number of methoxy groups -OCH3 is 1. The topological polar surface area (TPSA) is 41.5 Å². The minimum atomic E-state index is -0.289. The normalized spacial score (nSPS) is 15.0. The van der Waals surface area contributed by atoms with Crippen molar-refractivity contribution in [3.05, 3.63) is 40.9 Å². The minimum absolute atomic E-state index is 0.289. The SMILES string of the molecule is COc1cc(F)ccc1N1CCN(c2ncc(Br)cn2)CC1. The Morgan fingerprint density at radius 3 is 2.36 bits per heavy atom. The van der Waals surface area contributed by atoms with Crippen LogP contribution >= 0.6 is 15.9 Å². The van der Waals surface area contributed by atoms with E-state index in [1.807, 2.05) is 0 Å². The molecule has 5 nitrogen and oxygen atoms in total. The molecule has 1 aliphatic rings. The van der Waals surface area contributed by atoms with Gasteiger partial charge in [0.1, 0.15) is 11.6 Å². The van der Waals surface area contributed by atoms with E-state index in [2.05, 4.69) is 35.7 Å². The minimum Gasteiger partial charge on any atom is -0.494 e. The molecule has 22 heavy (non-hydrogen) atoms. The number of ether oxygens (including phenoxy) is 1. The van der Waals surface area contributed by atoms with Gasteiger partial charge < -0.3 is 14.5 Å². The van der Waals surface area contributed by atoms with Crippen LogP contribution < -0.4 is 14.5 Å². The summed E-state index contributed by atoms with van der Waals surface area (Å²) in [6.07, 6.45) is 3.50. The van der Waals surface area contributed by atoms with Gasteiger partial charge in [-0.05, 0) is 28.1 Å². The van der Waals surface area contributed by atoms with Crippen LogP contribution in [-0.4, -0.2) is 43.3 Å². The number of benzene rings is 1. The van der Waals surface area contributed by atoms with Crippen LogP contribution in [0.25, 0.3) is 0 Å². The van der Waals surface area contributed by atoms with E-state index in [1.54, 1.807) is 25.6 Å². The van der Waals surface area contributed by atoms with Crippen LogP contribution in [0.1, 0.15) is 0 Å². The van der Waals surface area contributed by atoms with Gasteiger partial charge in [-0.25, -0.2) is 14.4 Å². The molecule has 0 aliphatic carbocycles. The predicted molar refractivity (Wildman–Crippen MR) is 87.1 cm³/mol. The first kappa shape index (κ1) is 15.0. The highest BCUT2D eigenvalue weighted by molar-refractivity contribution is 9.10. The first-order valence-electron chi connectivity index (χ1n) is 6.98. The van der Waals surface area contributed by atoms with Gasteiger partial charge in [-0.1, -0.05) is 0 Å². The Labute approximate surface area is 136 Å². The maximum atomic E-state index is 13.3. The lowest BCUT2D eigenvalue weighted by Gasteiger charge is -2.36. The average Bonchev–Trinajstić information content (AvgIpc) is 2.56. The summed E-state index contributed by atoms with van der Waals surface area (Å²) in [5.41, 5.74) is 0.917. The van der Waals surface area contributed by atoms with E-state index in [-0.39, 0.29) is 5.82 Å². The molecule has 0 amide bonds. The van der Waals surface area contributed by atoms with Crippen molar-refractivity contribution < 1.29 is 9.13 Å². The summed E-state index contributed by atoms with van der Waals surface area (Å²) < 4.78 is 19.4. The predicted octanol–water partition coefficient (Wildman–Crippen LogP) is 2.71. The highest BCUT2D eigenvalue weighted by Gasteiger charge is 2.21. The molecular weight excluding hydrogens is 351 g/mol. The Balaban J connectivity index is 1.70. The Bertz CT molecular complexity index is 644. The van der Waals surface area contributed by atoms with E-state index in [0.29, 0.717) is 5.75 Å². The van der Waals surface area contributed by atoms with Crippen LogP contribution in [0.5, 0.6) is 5.75 Å². The van der Waals surface area contributed by atoms with Crippen LogP contribution in [0.4, 0.5) is 16.0 Å². The Kier molecular flexibility index (Phi) is 4.42. The molecule has 1 saturated heterocycles. The van der Waals surface area contributed by atoms with Crippen LogP contribution in [-0.2, 0) is 0 Å². The van der Waals surface area contributed by atoms with Crippen molar-refractivity contribution in [2.45, 2.75) is 0 Å². The zero-order valence-corrected chi connectivity index (χ0v) is 13.8. The van der Waals surface area contributed by atoms with E-state index in [4.69, 9.17) is 4.74 Å². The van der Waals surface area contributed by atoms with Crippen molar-refractivity contribution in [2.75, 3.05) is 43.1 Å². The molecule has 0 saturated carbocycles. The third kappa shape index (κ3) is 3.14. The van der Waals surface area contributed by atoms with Crippen LogP contribution in [0.2, 0.25) is 0 Å². The van der Waals surface area contributed by atoms with Gasteiger partial charge in [0, 0.05) is 44.6 Å². The van der Waals surface area contributed by atoms with Crippen molar-refractivity contribution in [3.63, 3.8) is 0 Å². The van der Waals surface area contributed by atoms with Gasteiger partial charge in [-0.2, -0.15) is 0 Å². The molecule has 2 heterocycles. The number of hydrogen-bond donors (Lipinski definition) is 0. The highest BCUT2D eigenvalue weighted by Crippen LogP contribution is 2.30. The molecule has 1 aromatic heterocycles. The Hall–Kier alpha value is -1.89. The summed E-state index contributed by atoms with van der Waals surface area (Å²) in [6, 6.07) is 4.64. The molecular formula is C15H16BrFN4O. The number of aromatic nitrogens is 2.